The van der Waals surface area contributed by atoms with Crippen LogP contribution in [-0.4, -0.2) is 129 Å². The van der Waals surface area contributed by atoms with Crippen LogP contribution >= 0.6 is 0 Å². The summed E-state index contributed by atoms with van der Waals surface area (Å²) in [7, 11) is -10.3. The average Bonchev–Trinajstić information content (AvgIpc) is 1.12. The van der Waals surface area contributed by atoms with E-state index in [9.17, 15) is 0 Å². The molecule has 0 saturated heterocycles. The van der Waals surface area contributed by atoms with Crippen LogP contribution in [0.1, 0.15) is 0 Å². The fourth-order valence-electron chi connectivity index (χ4n) is 0. The van der Waals surface area contributed by atoms with Crippen LogP contribution in [0.3, 0.4) is 0 Å². The summed E-state index contributed by atoms with van der Waals surface area (Å²) in [6.45, 7) is 0. The minimum absolute atomic E-state index is 0. The molecule has 12 heteroatoms. The van der Waals surface area contributed by atoms with Gasteiger partial charge in [0.1, 0.15) is 0 Å². The Morgan fingerprint density at radius 1 is 0.667 bits per heavy atom. The van der Waals surface area contributed by atoms with Gasteiger partial charge in [-0.05, 0) is 0 Å². The first kappa shape index (κ1) is 24.2. The average molecular weight is 417 g/mol. The van der Waals surface area contributed by atoms with Crippen LogP contribution in [0.5, 0.6) is 0 Å². The van der Waals surface area contributed by atoms with Crippen molar-refractivity contribution in [1.82, 2.24) is 0 Å². The van der Waals surface area contributed by atoms with Crippen molar-refractivity contribution in [3.63, 3.8) is 0 Å². The topological polar surface area (TPSA) is 161 Å². The van der Waals surface area contributed by atoms with Crippen molar-refractivity contribution in [2.75, 3.05) is 0 Å². The summed E-state index contributed by atoms with van der Waals surface area (Å²) in [4.78, 5) is 0. The van der Waals surface area contributed by atoms with Crippen LogP contribution in [0.25, 0.3) is 0 Å². The van der Waals surface area contributed by atoms with E-state index in [0.29, 0.717) is 0 Å². The van der Waals surface area contributed by atoms with E-state index in [0.717, 1.165) is 0 Å². The molecule has 12 heavy (non-hydrogen) atoms. The Bertz CT molecular complexity index is 213. The largest absolute Gasteiger partial charge is 2.00 e. The maximum absolute atomic E-state index is 8.52. The maximum Gasteiger partial charge on any atom is 2.00 e. The fraction of sp³-hybridized carbons (Fsp3) is 0. The smallest absolute Gasteiger partial charge is 0.759 e. The Balaban J connectivity index is -0.0000000457. The Hall–Kier alpha value is 2.79. The van der Waals surface area contributed by atoms with Crippen molar-refractivity contribution in [2.24, 2.45) is 0 Å². The number of hydrogen-bond donors (Lipinski definition) is 0. The molecule has 64 valence electrons. The summed E-state index contributed by atoms with van der Waals surface area (Å²) in [5, 5.41) is 0. The van der Waals surface area contributed by atoms with Crippen molar-refractivity contribution in [2.45, 2.75) is 0 Å². The fourth-order valence-corrected chi connectivity index (χ4v) is 0. The normalized spacial score (nSPS) is 9.67. The van der Waals surface area contributed by atoms with Crippen molar-refractivity contribution in [1.29, 1.82) is 0 Å². The SMILES string of the molecule is O=S(=O)([O-])[O-].O=S(=O)([O-])[O-].[Ba+2].[Sr+2]. The van der Waals surface area contributed by atoms with Crippen LogP contribution in [0, 0.1) is 0 Å². The molecule has 0 unspecified atom stereocenters. The first-order valence-corrected chi connectivity index (χ1v) is 4.00. The first-order valence-electron chi connectivity index (χ1n) is 1.33. The molecule has 0 saturated carbocycles. The second kappa shape index (κ2) is 10.3. The molecule has 0 aliphatic heterocycles. The van der Waals surface area contributed by atoms with Gasteiger partial charge < -0.3 is 18.2 Å². The summed E-state index contributed by atoms with van der Waals surface area (Å²) in [6.07, 6.45) is 0. The Morgan fingerprint density at radius 3 is 0.667 bits per heavy atom. The third-order valence-electron chi connectivity index (χ3n) is 0. The van der Waals surface area contributed by atoms with Crippen LogP contribution in [0.15, 0.2) is 0 Å². The van der Waals surface area contributed by atoms with Gasteiger partial charge in [-0.3, -0.25) is 16.8 Å². The van der Waals surface area contributed by atoms with E-state index >= 15 is 0 Å². The van der Waals surface area contributed by atoms with Gasteiger partial charge in [-0.15, -0.1) is 0 Å². The maximum atomic E-state index is 8.52. The number of rotatable bonds is 0. The molecule has 0 aromatic rings. The van der Waals surface area contributed by atoms with Crippen LogP contribution in [0.2, 0.25) is 0 Å². The molecule has 0 aromatic carbocycles. The molecule has 0 heterocycles. The molecular weight excluding hydrogens is 417 g/mol. The summed E-state index contributed by atoms with van der Waals surface area (Å²) < 4.78 is 68.2. The van der Waals surface area contributed by atoms with Gasteiger partial charge in [0.15, 0.2) is 0 Å². The van der Waals surface area contributed by atoms with E-state index in [1.54, 1.807) is 0 Å². The molecule has 0 N–H and O–H groups in total. The minimum atomic E-state index is -5.17. The van der Waals surface area contributed by atoms with Gasteiger partial charge >= 0.3 is 94.4 Å². The van der Waals surface area contributed by atoms with Gasteiger partial charge in [0.05, 0.1) is 0 Å². The predicted octanol–water partition coefficient (Wildman–Crippen LogP) is -3.44. The van der Waals surface area contributed by atoms with Crippen LogP contribution in [0.4, 0.5) is 0 Å². The molecule has 0 amide bonds. The van der Waals surface area contributed by atoms with Gasteiger partial charge in [0.2, 0.25) is 0 Å². The Labute approximate surface area is 147 Å². The van der Waals surface area contributed by atoms with Gasteiger partial charge in [0.25, 0.3) is 0 Å². The quantitative estimate of drug-likeness (QED) is 0.224. The second-order valence-electron chi connectivity index (χ2n) is 0.816. The van der Waals surface area contributed by atoms with E-state index in [-0.39, 0.29) is 94.4 Å². The third-order valence-corrected chi connectivity index (χ3v) is 0. The summed E-state index contributed by atoms with van der Waals surface area (Å²) in [5.74, 6) is 0. The van der Waals surface area contributed by atoms with Gasteiger partial charge in [-0.1, -0.05) is 0 Å². The van der Waals surface area contributed by atoms with Gasteiger partial charge in [-0.2, -0.15) is 0 Å². The minimum Gasteiger partial charge on any atom is -0.759 e. The molecule has 0 spiro atoms. The van der Waals surface area contributed by atoms with Crippen molar-refractivity contribution in [3.8, 4) is 0 Å². The second-order valence-corrected chi connectivity index (χ2v) is 2.45. The molecule has 0 rings (SSSR count). The predicted molar refractivity (Wildman–Crippen MR) is 32.5 cm³/mol. The van der Waals surface area contributed by atoms with Crippen molar-refractivity contribution >= 4 is 115 Å². The first-order chi connectivity index (χ1) is 4.00. The summed E-state index contributed by atoms with van der Waals surface area (Å²) >= 11 is 0. The van der Waals surface area contributed by atoms with Gasteiger partial charge in [-0.25, -0.2) is 0 Å². The Morgan fingerprint density at radius 2 is 0.667 bits per heavy atom. The summed E-state index contributed by atoms with van der Waals surface area (Å²) in [5.41, 5.74) is 0. The zero-order valence-corrected chi connectivity index (χ0v) is 15.0. The van der Waals surface area contributed by atoms with E-state index in [2.05, 4.69) is 0 Å². The third kappa shape index (κ3) is 228. The van der Waals surface area contributed by atoms with E-state index < -0.39 is 20.8 Å². The van der Waals surface area contributed by atoms with E-state index in [1.165, 1.54) is 0 Å². The summed E-state index contributed by atoms with van der Waals surface area (Å²) in [6, 6.07) is 0. The van der Waals surface area contributed by atoms with E-state index in [1.807, 2.05) is 0 Å². The van der Waals surface area contributed by atoms with Crippen LogP contribution < -0.4 is 0 Å². The standard InChI is InChI=1S/Ba.2H2O4S.Sr/c;2*1-5(2,3)4;/h;2*(H2,1,2,3,4);/q+2;;;+2/p-4. The number of hydrogen-bond acceptors (Lipinski definition) is 8. The monoisotopic (exact) mass is 418 g/mol. The van der Waals surface area contributed by atoms with Crippen molar-refractivity contribution in [3.05, 3.63) is 0 Å². The van der Waals surface area contributed by atoms with Crippen molar-refractivity contribution < 1.29 is 35.0 Å². The van der Waals surface area contributed by atoms with E-state index in [4.69, 9.17) is 35.0 Å². The zero-order valence-electron chi connectivity index (χ0n) is 5.50. The zero-order chi connectivity index (χ0) is 9.00. The molecule has 0 aliphatic rings. The molecule has 0 bridgehead atoms. The molecule has 8 nitrogen and oxygen atoms in total. The molecule has 0 atom stereocenters. The van der Waals surface area contributed by atoms with Gasteiger partial charge in [0, 0.05) is 20.8 Å². The molecule has 0 aromatic heterocycles. The molecule has 0 fully saturated rings. The molecule has 0 radical (unpaired) electrons. The molecular formula is BaO8S2Sr. The van der Waals surface area contributed by atoms with Crippen LogP contribution in [-0.2, 0) is 20.8 Å². The molecule has 0 aliphatic carbocycles. The Kier molecular flexibility index (Phi) is 20.8.